The molecule has 1 aromatic heterocycles. The summed E-state index contributed by atoms with van der Waals surface area (Å²) in [4.78, 5) is 20.9. The Balaban J connectivity index is 1.88. The normalized spacial score (nSPS) is 10.4. The maximum Gasteiger partial charge on any atom is 0.251 e. The second-order valence-corrected chi connectivity index (χ2v) is 5.60. The van der Waals surface area contributed by atoms with Gasteiger partial charge in [0, 0.05) is 17.5 Å². The highest BCUT2D eigenvalue weighted by atomic mass is 35.5. The van der Waals surface area contributed by atoms with Crippen LogP contribution in [0.15, 0.2) is 29.6 Å². The Labute approximate surface area is 132 Å². The summed E-state index contributed by atoms with van der Waals surface area (Å²) in [6.07, 6.45) is 0.210. The summed E-state index contributed by atoms with van der Waals surface area (Å²) in [5, 5.41) is 4.51. The molecule has 1 heterocycles. The van der Waals surface area contributed by atoms with Crippen molar-refractivity contribution in [2.45, 2.75) is 13.0 Å². The van der Waals surface area contributed by atoms with Crippen LogP contribution in [-0.4, -0.2) is 30.1 Å². The topological polar surface area (TPSA) is 51.7 Å². The highest BCUT2D eigenvalue weighted by molar-refractivity contribution is 7.09. The molecule has 0 spiro atoms. The van der Waals surface area contributed by atoms with Crippen molar-refractivity contribution in [2.24, 2.45) is 0 Å². The number of aromatic nitrogens is 1. The Kier molecular flexibility index (Phi) is 5.55. The monoisotopic (exact) mass is 326 g/mol. The molecule has 0 aliphatic carbocycles. The molecule has 0 unspecified atom stereocenters. The number of rotatable bonds is 6. The Hall–Kier alpha value is -1.63. The van der Waals surface area contributed by atoms with Gasteiger partial charge >= 0.3 is 0 Å². The molecule has 0 aliphatic heterocycles. The number of hydrogen-bond acceptors (Lipinski definition) is 5. The van der Waals surface area contributed by atoms with Crippen LogP contribution in [0.2, 0.25) is 5.02 Å². The van der Waals surface area contributed by atoms with Crippen molar-refractivity contribution in [3.8, 4) is 5.75 Å². The van der Waals surface area contributed by atoms with Crippen LogP contribution < -0.4 is 4.74 Å². The van der Waals surface area contributed by atoms with E-state index in [0.717, 1.165) is 10.8 Å². The first-order valence-electron chi connectivity index (χ1n) is 6.21. The average molecular weight is 327 g/mol. The van der Waals surface area contributed by atoms with Crippen LogP contribution in [0.3, 0.4) is 0 Å². The zero-order valence-electron chi connectivity index (χ0n) is 11.7. The molecule has 0 aliphatic rings. The van der Waals surface area contributed by atoms with Gasteiger partial charge in [0.2, 0.25) is 0 Å². The second kappa shape index (κ2) is 7.40. The van der Waals surface area contributed by atoms with Gasteiger partial charge in [-0.3, -0.25) is 9.63 Å². The Morgan fingerprint density at radius 2 is 2.10 bits per heavy atom. The standard InChI is InChI=1S/C14H15ClN2O3S/c1-17(19-2)14(18)7-11-9-21-13(16-11)8-20-12-5-3-10(15)4-6-12/h3-6,9H,7-8H2,1-2H3. The van der Waals surface area contributed by atoms with Crippen LogP contribution in [0.5, 0.6) is 5.75 Å². The summed E-state index contributed by atoms with van der Waals surface area (Å²) in [7, 11) is 3.02. The number of carbonyl (C=O) groups excluding carboxylic acids is 1. The van der Waals surface area contributed by atoms with Gasteiger partial charge in [-0.05, 0) is 24.3 Å². The smallest absolute Gasteiger partial charge is 0.251 e. The number of halogens is 1. The number of thiazole rings is 1. The second-order valence-electron chi connectivity index (χ2n) is 4.23. The molecule has 1 aromatic carbocycles. The van der Waals surface area contributed by atoms with Crippen LogP contribution in [0.4, 0.5) is 0 Å². The SMILES string of the molecule is CON(C)C(=O)Cc1csc(COc2ccc(Cl)cc2)n1. The van der Waals surface area contributed by atoms with Crippen LogP contribution in [0.25, 0.3) is 0 Å². The van der Waals surface area contributed by atoms with Crippen LogP contribution in [0.1, 0.15) is 10.7 Å². The minimum Gasteiger partial charge on any atom is -0.486 e. The van der Waals surface area contributed by atoms with Crippen LogP contribution >= 0.6 is 22.9 Å². The zero-order valence-corrected chi connectivity index (χ0v) is 13.3. The van der Waals surface area contributed by atoms with Crippen molar-refractivity contribution in [3.63, 3.8) is 0 Å². The van der Waals surface area contributed by atoms with Crippen LogP contribution in [0, 0.1) is 0 Å². The first-order chi connectivity index (χ1) is 10.1. The van der Waals surface area contributed by atoms with Gasteiger partial charge in [-0.2, -0.15) is 0 Å². The Bertz CT molecular complexity index is 601. The lowest BCUT2D eigenvalue weighted by atomic mass is 10.3. The molecule has 112 valence electrons. The molecule has 0 N–H and O–H groups in total. The van der Waals surface area contributed by atoms with E-state index in [0.29, 0.717) is 17.3 Å². The van der Waals surface area contributed by atoms with E-state index in [9.17, 15) is 4.79 Å². The fourth-order valence-corrected chi connectivity index (χ4v) is 2.37. The fourth-order valence-electron chi connectivity index (χ4n) is 1.54. The molecule has 0 saturated heterocycles. The molecule has 1 amide bonds. The molecule has 0 saturated carbocycles. The number of likely N-dealkylation sites (N-methyl/N-ethyl adjacent to an activating group) is 1. The maximum atomic E-state index is 11.7. The van der Waals surface area contributed by atoms with Gasteiger partial charge in [-0.25, -0.2) is 10.0 Å². The lowest BCUT2D eigenvalue weighted by Gasteiger charge is -2.12. The minimum absolute atomic E-state index is 0.145. The van der Waals surface area contributed by atoms with Gasteiger partial charge in [0.25, 0.3) is 5.91 Å². The van der Waals surface area contributed by atoms with E-state index in [-0.39, 0.29) is 12.3 Å². The quantitative estimate of drug-likeness (QED) is 0.766. The molecule has 2 aromatic rings. The van der Waals surface area contributed by atoms with Crippen molar-refractivity contribution in [1.82, 2.24) is 10.0 Å². The number of carbonyl (C=O) groups is 1. The van der Waals surface area contributed by atoms with Crippen molar-refractivity contribution < 1.29 is 14.4 Å². The first-order valence-corrected chi connectivity index (χ1v) is 7.46. The van der Waals surface area contributed by atoms with E-state index in [4.69, 9.17) is 21.2 Å². The molecule has 0 bridgehead atoms. The van der Waals surface area contributed by atoms with E-state index >= 15 is 0 Å². The number of hydrogen-bond donors (Lipinski definition) is 0. The van der Waals surface area contributed by atoms with E-state index in [1.54, 1.807) is 31.3 Å². The molecular weight excluding hydrogens is 312 g/mol. The van der Waals surface area contributed by atoms with Crippen molar-refractivity contribution in [3.05, 3.63) is 45.4 Å². The zero-order chi connectivity index (χ0) is 15.2. The Morgan fingerprint density at radius 1 is 1.38 bits per heavy atom. The predicted molar refractivity (Wildman–Crippen MR) is 81.4 cm³/mol. The summed E-state index contributed by atoms with van der Waals surface area (Å²) in [5.74, 6) is 0.583. The number of hydroxylamine groups is 2. The number of ether oxygens (including phenoxy) is 1. The molecule has 0 atom stereocenters. The number of nitrogens with zero attached hydrogens (tertiary/aromatic N) is 2. The van der Waals surface area contributed by atoms with Crippen LogP contribution in [-0.2, 0) is 22.7 Å². The summed E-state index contributed by atoms with van der Waals surface area (Å²) in [6.45, 7) is 0.362. The minimum atomic E-state index is -0.145. The van der Waals surface area contributed by atoms with Crippen molar-refractivity contribution >= 4 is 28.8 Å². The van der Waals surface area contributed by atoms with E-state index < -0.39 is 0 Å². The van der Waals surface area contributed by atoms with Gasteiger partial charge in [0.15, 0.2) is 0 Å². The first kappa shape index (κ1) is 15.8. The summed E-state index contributed by atoms with van der Waals surface area (Å²) >= 11 is 7.27. The predicted octanol–water partition coefficient (Wildman–Crippen LogP) is 2.94. The third-order valence-electron chi connectivity index (χ3n) is 2.73. The fraction of sp³-hybridized carbons (Fsp3) is 0.286. The molecule has 0 radical (unpaired) electrons. The molecular formula is C14H15ClN2O3S. The molecule has 21 heavy (non-hydrogen) atoms. The number of benzene rings is 1. The van der Waals surface area contributed by atoms with Gasteiger partial charge in [0.1, 0.15) is 17.4 Å². The maximum absolute atomic E-state index is 11.7. The molecule has 7 heteroatoms. The summed E-state index contributed by atoms with van der Waals surface area (Å²) < 4.78 is 5.60. The summed E-state index contributed by atoms with van der Waals surface area (Å²) in [5.41, 5.74) is 0.712. The summed E-state index contributed by atoms with van der Waals surface area (Å²) in [6, 6.07) is 7.13. The highest BCUT2D eigenvalue weighted by Gasteiger charge is 2.12. The van der Waals surface area contributed by atoms with E-state index in [1.807, 2.05) is 5.38 Å². The Morgan fingerprint density at radius 3 is 2.76 bits per heavy atom. The van der Waals surface area contributed by atoms with Crippen molar-refractivity contribution in [1.29, 1.82) is 0 Å². The third kappa shape index (κ3) is 4.70. The lowest BCUT2D eigenvalue weighted by molar-refractivity contribution is -0.167. The average Bonchev–Trinajstić information content (AvgIpc) is 2.93. The van der Waals surface area contributed by atoms with Gasteiger partial charge in [-0.15, -0.1) is 11.3 Å². The largest absolute Gasteiger partial charge is 0.486 e. The lowest BCUT2D eigenvalue weighted by Crippen LogP contribution is -2.27. The van der Waals surface area contributed by atoms with Crippen molar-refractivity contribution in [2.75, 3.05) is 14.2 Å². The van der Waals surface area contributed by atoms with Gasteiger partial charge in [-0.1, -0.05) is 11.6 Å². The highest BCUT2D eigenvalue weighted by Crippen LogP contribution is 2.18. The van der Waals surface area contributed by atoms with E-state index in [2.05, 4.69) is 4.98 Å². The third-order valence-corrected chi connectivity index (χ3v) is 3.86. The number of amides is 1. The molecule has 0 fully saturated rings. The van der Waals surface area contributed by atoms with Gasteiger partial charge < -0.3 is 4.74 Å². The van der Waals surface area contributed by atoms with E-state index in [1.165, 1.54) is 23.5 Å². The molecule has 5 nitrogen and oxygen atoms in total. The van der Waals surface area contributed by atoms with Gasteiger partial charge in [0.05, 0.1) is 19.2 Å². The molecule has 2 rings (SSSR count).